The van der Waals surface area contributed by atoms with E-state index in [1.807, 2.05) is 0 Å². The summed E-state index contributed by atoms with van der Waals surface area (Å²) >= 11 is 0. The number of aromatic amines is 2. The molecule has 4 nitrogen and oxygen atoms in total. The maximum Gasteiger partial charge on any atom is 0.0541 e. The Labute approximate surface area is 375 Å². The number of allylic oxidation sites excluding steroid dienone is 3. The number of rotatable bonds is 7. The number of aliphatic imine (C=N–C) groups is 1. The second-order valence-corrected chi connectivity index (χ2v) is 47.0. The Bertz CT molecular complexity index is 2630. The van der Waals surface area contributed by atoms with Gasteiger partial charge in [-0.1, -0.05) is 28.7 Å². The molecular weight excluding hydrogens is 944 g/mol. The molecule has 3 aliphatic heterocycles. The van der Waals surface area contributed by atoms with Crippen LogP contribution in [0.2, 0.25) is 0 Å². The minimum absolute atomic E-state index is 0.213. The van der Waals surface area contributed by atoms with Crippen molar-refractivity contribution in [3.8, 4) is 0 Å². The number of benzene rings is 2. The van der Waals surface area contributed by atoms with Gasteiger partial charge in [0.25, 0.3) is 0 Å². The van der Waals surface area contributed by atoms with E-state index in [4.69, 9.17) is 4.99 Å². The highest BCUT2D eigenvalue weighted by atomic mass is 32.8. The van der Waals surface area contributed by atoms with E-state index in [0.717, 1.165) is 35.8 Å². The van der Waals surface area contributed by atoms with Crippen LogP contribution in [-0.4, -0.2) is 15.7 Å². The molecule has 16 heteroatoms. The van der Waals surface area contributed by atoms with Gasteiger partial charge in [0.2, 0.25) is 0 Å². The van der Waals surface area contributed by atoms with Gasteiger partial charge < -0.3 is 15.3 Å². The second kappa shape index (κ2) is 18.8. The number of nitrogens with one attached hydrogen (secondary N) is 3. The van der Waals surface area contributed by atoms with Crippen LogP contribution in [0.1, 0.15) is 89.2 Å². The van der Waals surface area contributed by atoms with E-state index in [2.05, 4.69) is 190 Å². The van der Waals surface area contributed by atoms with Crippen LogP contribution in [0.15, 0.2) is 51.9 Å². The number of fused-ring (bicyclic) bond motifs is 7. The average Bonchev–Trinajstić information content (AvgIpc) is 3.98. The van der Waals surface area contributed by atoms with Gasteiger partial charge in [-0.3, -0.25) is 4.99 Å². The summed E-state index contributed by atoms with van der Waals surface area (Å²) in [6.45, 7) is 25.2. The molecule has 0 saturated carbocycles. The van der Waals surface area contributed by atoms with Gasteiger partial charge in [-0.15, -0.1) is 62.5 Å². The number of hydrogen-bond acceptors (Lipinski definition) is 2. The first-order valence-electron chi connectivity index (χ1n) is 19.8. The van der Waals surface area contributed by atoms with Crippen LogP contribution in [0.5, 0.6) is 0 Å². The van der Waals surface area contributed by atoms with Gasteiger partial charge in [0.05, 0.1) is 5.70 Å². The van der Waals surface area contributed by atoms with Crippen molar-refractivity contribution in [1.82, 2.24) is 15.3 Å². The van der Waals surface area contributed by atoms with Gasteiger partial charge in [0.1, 0.15) is 0 Å². The molecule has 3 aliphatic rings. The van der Waals surface area contributed by atoms with E-state index < -0.39 is 28.9 Å². The van der Waals surface area contributed by atoms with Crippen molar-refractivity contribution in [3.63, 3.8) is 0 Å². The molecule has 13 unspecified atom stereocenters. The van der Waals surface area contributed by atoms with Crippen LogP contribution in [0.25, 0.3) is 23.3 Å². The molecule has 3 N–H and O–H groups in total. The molecule has 7 rings (SSSR count). The Hall–Kier alpha value is 0.590. The van der Waals surface area contributed by atoms with Gasteiger partial charge in [0, 0.05) is 78.7 Å². The molecule has 0 fully saturated rings. The van der Waals surface area contributed by atoms with Crippen LogP contribution < -0.4 is 31.9 Å². The lowest BCUT2D eigenvalue weighted by molar-refractivity contribution is 0.590. The molecule has 2 aromatic heterocycles. The Kier molecular flexibility index (Phi) is 15.2. The molecule has 59 heavy (non-hydrogen) atoms. The van der Waals surface area contributed by atoms with E-state index >= 15 is 0 Å². The lowest BCUT2D eigenvalue weighted by atomic mass is 9.84. The summed E-state index contributed by atoms with van der Waals surface area (Å²) in [5.41, 5.74) is 23.0. The normalized spacial score (nSPS) is 24.2. The number of nitrogens with zero attached hydrogens (tertiary/aromatic N) is 1. The minimum Gasteiger partial charge on any atom is -0.358 e. The fourth-order valence-electron chi connectivity index (χ4n) is 8.99. The van der Waals surface area contributed by atoms with Crippen molar-refractivity contribution in [3.05, 3.63) is 119 Å². The Morgan fingerprint density at radius 2 is 1.27 bits per heavy atom. The molecule has 312 valence electrons. The van der Waals surface area contributed by atoms with Gasteiger partial charge in [-0.05, 0) is 182 Å². The van der Waals surface area contributed by atoms with Crippen LogP contribution in [0.3, 0.4) is 0 Å². The van der Waals surface area contributed by atoms with E-state index in [1.165, 1.54) is 94.5 Å². The van der Waals surface area contributed by atoms with Gasteiger partial charge in [-0.25, -0.2) is 0 Å². The van der Waals surface area contributed by atoms with Gasteiger partial charge >= 0.3 is 0 Å². The standard InChI is InChI=1S/C43H60N4P12/c1-18-19(2)23(6)35(24(7)20(18)3)37-31-14-12-29(44-31)16-34-22(5)27(10)40(47-34)38(32-15-13-30(45-32)17-33-21(4)26(9)39(37)46-33)36-25(8)28(11)41(56(49)50)43(57(51)55-48)42(36)58(52)59(53)54/h12-17,21-22,27,44-46,55H,48-54H2,1-11H3/b29-16-,33-17-,37-31-,40-38+. The third-order valence-corrected chi connectivity index (χ3v) is 42.3. The molecule has 2 aromatic carbocycles. The fourth-order valence-corrected chi connectivity index (χ4v) is 24.7. The quantitative estimate of drug-likeness (QED) is 0.159. The second-order valence-electron chi connectivity index (χ2n) is 16.4. The van der Waals surface area contributed by atoms with Gasteiger partial charge in [0.15, 0.2) is 0 Å². The van der Waals surface area contributed by atoms with E-state index in [-0.39, 0.29) is 17.8 Å². The molecule has 0 aliphatic carbocycles. The Morgan fingerprint density at radius 3 is 1.88 bits per heavy atom. The van der Waals surface area contributed by atoms with Crippen molar-refractivity contribution in [2.45, 2.75) is 76.2 Å². The highest BCUT2D eigenvalue weighted by molar-refractivity contribution is 8.83. The van der Waals surface area contributed by atoms with E-state index in [9.17, 15) is 0 Å². The van der Waals surface area contributed by atoms with Crippen molar-refractivity contribution < 1.29 is 0 Å². The predicted octanol–water partition coefficient (Wildman–Crippen LogP) is 12.4. The summed E-state index contributed by atoms with van der Waals surface area (Å²) in [6.07, 6.45) is 4.66. The van der Waals surface area contributed by atoms with Crippen molar-refractivity contribution in [2.75, 3.05) is 0 Å². The monoisotopic (exact) mass is 1000 g/mol. The van der Waals surface area contributed by atoms with E-state index in [0.29, 0.717) is 0 Å². The molecule has 0 spiro atoms. The Morgan fingerprint density at radius 1 is 0.644 bits per heavy atom. The maximum absolute atomic E-state index is 5.72. The van der Waals surface area contributed by atoms with Crippen molar-refractivity contribution in [2.24, 2.45) is 22.7 Å². The summed E-state index contributed by atoms with van der Waals surface area (Å²) in [7, 11) is 21.7. The van der Waals surface area contributed by atoms with Crippen molar-refractivity contribution >= 4 is 144 Å². The van der Waals surface area contributed by atoms with E-state index in [1.54, 1.807) is 5.30 Å². The molecule has 0 saturated heterocycles. The summed E-state index contributed by atoms with van der Waals surface area (Å²) in [4.78, 5) is 13.7. The van der Waals surface area contributed by atoms with Crippen LogP contribution in [-0.2, 0) is 0 Å². The first-order chi connectivity index (χ1) is 27.8. The smallest absolute Gasteiger partial charge is 0.0541 e. The number of H-pyrrole nitrogens is 2. The van der Waals surface area contributed by atoms with Crippen LogP contribution in [0.4, 0.5) is 0 Å². The minimum atomic E-state index is -0.581. The average molecular weight is 1000 g/mol. The van der Waals surface area contributed by atoms with Crippen molar-refractivity contribution in [1.29, 1.82) is 0 Å². The summed E-state index contributed by atoms with van der Waals surface area (Å²) in [6, 6.07) is 9.14. The third-order valence-electron chi connectivity index (χ3n) is 13.3. The first-order valence-corrected chi connectivity index (χ1v) is 39.3. The molecule has 0 radical (unpaired) electrons. The predicted molar refractivity (Wildman–Crippen MR) is 301 cm³/mol. The largest absolute Gasteiger partial charge is 0.358 e. The molecule has 0 amide bonds. The summed E-state index contributed by atoms with van der Waals surface area (Å²) < 4.78 is 0. The number of aromatic nitrogens is 2. The highest BCUT2D eigenvalue weighted by Crippen LogP contribution is 2.83. The highest BCUT2D eigenvalue weighted by Gasteiger charge is 2.37. The zero-order valence-electron chi connectivity index (χ0n) is 36.0. The molecule has 4 aromatic rings. The lowest BCUT2D eigenvalue weighted by Gasteiger charge is -2.33. The number of hydrogen-bond donors (Lipinski definition) is 3. The van der Waals surface area contributed by atoms with Gasteiger partial charge in [-0.2, -0.15) is 0 Å². The molecule has 13 atom stereocenters. The Balaban J connectivity index is 1.63. The first kappa shape index (κ1) is 47.5. The maximum atomic E-state index is 5.72. The van der Waals surface area contributed by atoms with Crippen LogP contribution in [0, 0.1) is 66.2 Å². The lowest BCUT2D eigenvalue weighted by Crippen LogP contribution is -2.36. The summed E-state index contributed by atoms with van der Waals surface area (Å²) in [5.74, 6) is 0.665. The fraction of sp³-hybridized carbons (Fsp3) is 0.326. The molecule has 8 bridgehead atoms. The van der Waals surface area contributed by atoms with Crippen LogP contribution >= 0.6 is 99.3 Å². The zero-order chi connectivity index (χ0) is 43.1. The SMILES string of the molecule is CC1=C2N/C(=C\c3ccc([nH]3)/C(c3c(C)c(C)c(P(P)P)c(P(P)PP)c3P(P)P(P)P)=C3N=C(/C=c4/cc/c([nH]4)=C/2c2c(C)c(C)c(C)c(C)c2C)C(C)C\3C)C1C. The summed E-state index contributed by atoms with van der Waals surface area (Å²) in [5, 5.41) is 10.9. The zero-order valence-corrected chi connectivity index (χ0v) is 48.6. The topological polar surface area (TPSA) is 56.0 Å². The third kappa shape index (κ3) is 8.50. The molecular formula is C43H60N4P12. The molecule has 5 heterocycles.